The third-order valence-corrected chi connectivity index (χ3v) is 0.826. The third kappa shape index (κ3) is 5.28. The summed E-state index contributed by atoms with van der Waals surface area (Å²) in [4.78, 5) is 0. The van der Waals surface area contributed by atoms with E-state index in [2.05, 4.69) is 0 Å². The number of halogens is 1. The van der Waals surface area contributed by atoms with Gasteiger partial charge in [0, 0.05) is 0 Å². The number of allylic oxidation sites excluding steroid dienone is 4. The normalized spacial score (nSPS) is 11.3. The van der Waals surface area contributed by atoms with Gasteiger partial charge in [0.15, 0.2) is 0 Å². The molecule has 0 aromatic rings. The SMILES string of the molecule is CCC=C(F)C=C(C)C. The summed E-state index contributed by atoms with van der Waals surface area (Å²) >= 11 is 0. The summed E-state index contributed by atoms with van der Waals surface area (Å²) < 4.78 is 12.4. The van der Waals surface area contributed by atoms with Crippen LogP contribution in [0.3, 0.4) is 0 Å². The minimum Gasteiger partial charge on any atom is -0.207 e. The zero-order valence-corrected chi connectivity index (χ0v) is 6.24. The molecule has 52 valence electrons. The van der Waals surface area contributed by atoms with Gasteiger partial charge in [-0.05, 0) is 32.4 Å². The molecule has 0 saturated carbocycles. The summed E-state index contributed by atoms with van der Waals surface area (Å²) in [7, 11) is 0. The maximum atomic E-state index is 12.4. The average Bonchev–Trinajstić information content (AvgIpc) is 1.63. The summed E-state index contributed by atoms with van der Waals surface area (Å²) in [5.41, 5.74) is 0.997. The largest absolute Gasteiger partial charge is 0.207 e. The van der Waals surface area contributed by atoms with Crippen LogP contribution in [0.5, 0.6) is 0 Å². The Hall–Kier alpha value is -0.590. The van der Waals surface area contributed by atoms with Crippen LogP contribution in [0.4, 0.5) is 4.39 Å². The lowest BCUT2D eigenvalue weighted by molar-refractivity contribution is 0.659. The fraction of sp³-hybridized carbons (Fsp3) is 0.500. The quantitative estimate of drug-likeness (QED) is 0.501. The van der Waals surface area contributed by atoms with Crippen molar-refractivity contribution in [3.63, 3.8) is 0 Å². The standard InChI is InChI=1S/C8H13F/c1-4-5-8(9)6-7(2)3/h5-6H,4H2,1-3H3. The Morgan fingerprint density at radius 1 is 1.44 bits per heavy atom. The van der Waals surface area contributed by atoms with Gasteiger partial charge in [0.05, 0.1) is 0 Å². The van der Waals surface area contributed by atoms with Crippen molar-refractivity contribution >= 4 is 0 Å². The first-order valence-electron chi connectivity index (χ1n) is 3.17. The van der Waals surface area contributed by atoms with E-state index in [-0.39, 0.29) is 5.83 Å². The Morgan fingerprint density at radius 3 is 2.33 bits per heavy atom. The summed E-state index contributed by atoms with van der Waals surface area (Å²) in [5.74, 6) is -0.127. The Balaban J connectivity index is 3.90. The van der Waals surface area contributed by atoms with Crippen molar-refractivity contribution in [1.29, 1.82) is 0 Å². The molecular weight excluding hydrogens is 115 g/mol. The van der Waals surface area contributed by atoms with E-state index in [0.717, 1.165) is 12.0 Å². The molecule has 1 heteroatoms. The van der Waals surface area contributed by atoms with Crippen molar-refractivity contribution in [2.75, 3.05) is 0 Å². The zero-order valence-electron chi connectivity index (χ0n) is 6.24. The van der Waals surface area contributed by atoms with Crippen LogP contribution in [-0.4, -0.2) is 0 Å². The molecule has 0 saturated heterocycles. The van der Waals surface area contributed by atoms with Crippen molar-refractivity contribution in [3.8, 4) is 0 Å². The zero-order chi connectivity index (χ0) is 7.28. The van der Waals surface area contributed by atoms with E-state index in [0.29, 0.717) is 0 Å². The molecule has 0 amide bonds. The lowest BCUT2D eigenvalue weighted by atomic mass is 10.3. The molecule has 0 unspecified atom stereocenters. The van der Waals surface area contributed by atoms with E-state index in [4.69, 9.17) is 0 Å². The first-order valence-corrected chi connectivity index (χ1v) is 3.17. The lowest BCUT2D eigenvalue weighted by Gasteiger charge is -1.86. The molecule has 0 nitrogen and oxygen atoms in total. The Kier molecular flexibility index (Phi) is 4.02. The molecule has 0 atom stereocenters. The third-order valence-electron chi connectivity index (χ3n) is 0.826. The van der Waals surface area contributed by atoms with Crippen molar-refractivity contribution in [2.45, 2.75) is 27.2 Å². The van der Waals surface area contributed by atoms with E-state index in [9.17, 15) is 4.39 Å². The topological polar surface area (TPSA) is 0 Å². The number of hydrogen-bond donors (Lipinski definition) is 0. The maximum absolute atomic E-state index is 12.4. The van der Waals surface area contributed by atoms with Crippen LogP contribution in [0.1, 0.15) is 27.2 Å². The van der Waals surface area contributed by atoms with Crippen LogP contribution < -0.4 is 0 Å². The van der Waals surface area contributed by atoms with Crippen LogP contribution in [0, 0.1) is 0 Å². The van der Waals surface area contributed by atoms with Gasteiger partial charge in [-0.2, -0.15) is 0 Å². The molecule has 0 aromatic heterocycles. The van der Waals surface area contributed by atoms with Crippen molar-refractivity contribution < 1.29 is 4.39 Å². The van der Waals surface area contributed by atoms with Crippen molar-refractivity contribution in [2.24, 2.45) is 0 Å². The van der Waals surface area contributed by atoms with Crippen LogP contribution >= 0.6 is 0 Å². The Morgan fingerprint density at radius 2 is 2.00 bits per heavy atom. The molecule has 0 aliphatic carbocycles. The highest BCUT2D eigenvalue weighted by Crippen LogP contribution is 2.03. The molecule has 0 N–H and O–H groups in total. The van der Waals surface area contributed by atoms with Gasteiger partial charge in [-0.25, -0.2) is 4.39 Å². The van der Waals surface area contributed by atoms with Crippen LogP contribution in [0.15, 0.2) is 23.6 Å². The molecule has 0 spiro atoms. The van der Waals surface area contributed by atoms with Gasteiger partial charge >= 0.3 is 0 Å². The monoisotopic (exact) mass is 128 g/mol. The van der Waals surface area contributed by atoms with Gasteiger partial charge in [0.1, 0.15) is 5.83 Å². The Bertz CT molecular complexity index is 128. The van der Waals surface area contributed by atoms with Gasteiger partial charge in [0.2, 0.25) is 0 Å². The second kappa shape index (κ2) is 4.30. The fourth-order valence-electron chi connectivity index (χ4n) is 0.530. The molecule has 0 aromatic carbocycles. The molecule has 0 bridgehead atoms. The predicted molar refractivity (Wildman–Crippen MR) is 38.9 cm³/mol. The summed E-state index contributed by atoms with van der Waals surface area (Å²) in [5, 5.41) is 0. The summed E-state index contributed by atoms with van der Waals surface area (Å²) in [6.45, 7) is 5.67. The van der Waals surface area contributed by atoms with E-state index < -0.39 is 0 Å². The molecule has 0 rings (SSSR count). The maximum Gasteiger partial charge on any atom is 0.119 e. The molecule has 0 heterocycles. The molecule has 0 radical (unpaired) electrons. The average molecular weight is 128 g/mol. The van der Waals surface area contributed by atoms with E-state index >= 15 is 0 Å². The minimum absolute atomic E-state index is 0.127. The predicted octanol–water partition coefficient (Wildman–Crippen LogP) is 3.22. The smallest absolute Gasteiger partial charge is 0.119 e. The molecule has 0 aliphatic rings. The second-order valence-electron chi connectivity index (χ2n) is 2.22. The van der Waals surface area contributed by atoms with Gasteiger partial charge in [0.25, 0.3) is 0 Å². The molecule has 9 heavy (non-hydrogen) atoms. The van der Waals surface area contributed by atoms with Crippen molar-refractivity contribution in [3.05, 3.63) is 23.6 Å². The number of hydrogen-bond acceptors (Lipinski definition) is 0. The van der Waals surface area contributed by atoms with Gasteiger partial charge < -0.3 is 0 Å². The van der Waals surface area contributed by atoms with E-state index in [1.165, 1.54) is 6.08 Å². The van der Waals surface area contributed by atoms with E-state index in [1.807, 2.05) is 20.8 Å². The minimum atomic E-state index is -0.127. The van der Waals surface area contributed by atoms with Gasteiger partial charge in [-0.1, -0.05) is 12.5 Å². The first kappa shape index (κ1) is 8.41. The highest BCUT2D eigenvalue weighted by molar-refractivity contribution is 5.14. The summed E-state index contributed by atoms with van der Waals surface area (Å²) in [6.07, 6.45) is 3.85. The van der Waals surface area contributed by atoms with Crippen molar-refractivity contribution in [1.82, 2.24) is 0 Å². The summed E-state index contributed by atoms with van der Waals surface area (Å²) in [6, 6.07) is 0. The van der Waals surface area contributed by atoms with E-state index in [1.54, 1.807) is 6.08 Å². The Labute approximate surface area is 56.1 Å². The fourth-order valence-corrected chi connectivity index (χ4v) is 0.530. The molecular formula is C8H13F. The van der Waals surface area contributed by atoms with Crippen LogP contribution in [-0.2, 0) is 0 Å². The highest BCUT2D eigenvalue weighted by atomic mass is 19.1. The van der Waals surface area contributed by atoms with Crippen LogP contribution in [0.25, 0.3) is 0 Å². The van der Waals surface area contributed by atoms with Gasteiger partial charge in [-0.15, -0.1) is 0 Å². The van der Waals surface area contributed by atoms with Gasteiger partial charge in [-0.3, -0.25) is 0 Å². The van der Waals surface area contributed by atoms with Crippen LogP contribution in [0.2, 0.25) is 0 Å². The highest BCUT2D eigenvalue weighted by Gasteiger charge is 1.84. The first-order chi connectivity index (χ1) is 4.16. The molecule has 0 aliphatic heterocycles. The second-order valence-corrected chi connectivity index (χ2v) is 2.22. The molecule has 0 fully saturated rings. The lowest BCUT2D eigenvalue weighted by Crippen LogP contribution is -1.67. The number of rotatable bonds is 2.